The number of aromatic nitrogens is 1. The molecular weight excluding hydrogens is 314 g/mol. The zero-order valence-electron chi connectivity index (χ0n) is 16.4. The van der Waals surface area contributed by atoms with Gasteiger partial charge in [-0.05, 0) is 48.1 Å². The lowest BCUT2D eigenvalue weighted by atomic mass is 9.84. The molecule has 0 aliphatic carbocycles. The fourth-order valence-corrected chi connectivity index (χ4v) is 3.17. The van der Waals surface area contributed by atoms with E-state index in [0.29, 0.717) is 6.54 Å². The number of aryl methyl sites for hydroxylation is 2. The molecule has 0 fully saturated rings. The zero-order chi connectivity index (χ0) is 18.8. The Kier molecular flexibility index (Phi) is 5.61. The van der Waals surface area contributed by atoms with Gasteiger partial charge in [0.25, 0.3) is 5.56 Å². The maximum atomic E-state index is 12.3. The summed E-state index contributed by atoms with van der Waals surface area (Å²) in [4.78, 5) is 12.3. The van der Waals surface area contributed by atoms with Crippen LogP contribution in [0.4, 0.5) is 0 Å². The Bertz CT molecular complexity index is 788. The quantitative estimate of drug-likeness (QED) is 0.800. The number of rotatable bonds is 5. The van der Waals surface area contributed by atoms with Crippen molar-refractivity contribution in [1.82, 2.24) is 4.57 Å². The summed E-state index contributed by atoms with van der Waals surface area (Å²) in [5.41, 5.74) is 3.71. The van der Waals surface area contributed by atoms with Gasteiger partial charge in [-0.1, -0.05) is 27.7 Å². The number of benzene rings is 1. The highest BCUT2D eigenvalue weighted by Crippen LogP contribution is 2.42. The van der Waals surface area contributed by atoms with Crippen LogP contribution >= 0.6 is 0 Å². The summed E-state index contributed by atoms with van der Waals surface area (Å²) in [6.07, 6.45) is 2.84. The highest BCUT2D eigenvalue weighted by molar-refractivity contribution is 5.70. The van der Waals surface area contributed by atoms with Crippen molar-refractivity contribution in [3.05, 3.63) is 45.9 Å². The van der Waals surface area contributed by atoms with Gasteiger partial charge < -0.3 is 14.0 Å². The lowest BCUT2D eigenvalue weighted by Crippen LogP contribution is -2.21. The van der Waals surface area contributed by atoms with Crippen LogP contribution in [0.2, 0.25) is 0 Å². The van der Waals surface area contributed by atoms with Gasteiger partial charge in [-0.2, -0.15) is 0 Å². The van der Waals surface area contributed by atoms with Gasteiger partial charge >= 0.3 is 0 Å². The molecule has 2 aromatic rings. The Hall–Kier alpha value is -2.23. The van der Waals surface area contributed by atoms with Gasteiger partial charge in [0.2, 0.25) is 0 Å². The zero-order valence-corrected chi connectivity index (χ0v) is 16.4. The van der Waals surface area contributed by atoms with Crippen molar-refractivity contribution in [2.24, 2.45) is 0 Å². The predicted molar refractivity (Wildman–Crippen MR) is 103 cm³/mol. The van der Waals surface area contributed by atoms with Crippen molar-refractivity contribution in [2.45, 2.75) is 53.0 Å². The lowest BCUT2D eigenvalue weighted by molar-refractivity contribution is 0.368. The summed E-state index contributed by atoms with van der Waals surface area (Å²) >= 11 is 0. The molecule has 0 amide bonds. The molecule has 0 atom stereocenters. The maximum Gasteiger partial charge on any atom is 0.253 e. The Morgan fingerprint density at radius 1 is 1.00 bits per heavy atom. The van der Waals surface area contributed by atoms with Crippen LogP contribution < -0.4 is 15.0 Å². The third-order valence-electron chi connectivity index (χ3n) is 4.32. The van der Waals surface area contributed by atoms with Crippen LogP contribution in [0.1, 0.15) is 45.2 Å². The van der Waals surface area contributed by atoms with Gasteiger partial charge in [-0.15, -0.1) is 0 Å². The van der Waals surface area contributed by atoms with Crippen molar-refractivity contribution in [1.29, 1.82) is 0 Å². The second-order valence-corrected chi connectivity index (χ2v) is 7.42. The van der Waals surface area contributed by atoms with Gasteiger partial charge in [0.05, 0.1) is 14.2 Å². The van der Waals surface area contributed by atoms with Crippen LogP contribution in [-0.2, 0) is 12.0 Å². The summed E-state index contributed by atoms with van der Waals surface area (Å²) in [6.45, 7) is 11.0. The maximum absolute atomic E-state index is 12.3. The smallest absolute Gasteiger partial charge is 0.253 e. The molecule has 1 aromatic carbocycles. The number of hydrogen-bond acceptors (Lipinski definition) is 3. The topological polar surface area (TPSA) is 40.5 Å². The molecular formula is C21H29NO3. The van der Waals surface area contributed by atoms with Crippen LogP contribution in [0.3, 0.4) is 0 Å². The van der Waals surface area contributed by atoms with Crippen molar-refractivity contribution in [2.75, 3.05) is 14.2 Å². The van der Waals surface area contributed by atoms with E-state index >= 15 is 0 Å². The largest absolute Gasteiger partial charge is 0.496 e. The summed E-state index contributed by atoms with van der Waals surface area (Å²) in [5, 5.41) is 0. The number of nitrogens with zero attached hydrogens (tertiary/aromatic N) is 1. The Morgan fingerprint density at radius 3 is 2.00 bits per heavy atom. The van der Waals surface area contributed by atoms with E-state index in [1.807, 2.05) is 31.3 Å². The van der Waals surface area contributed by atoms with Gasteiger partial charge in [0.1, 0.15) is 11.5 Å². The van der Waals surface area contributed by atoms with E-state index in [1.165, 1.54) is 0 Å². The number of methoxy groups -OCH3 is 2. The standard InChI is InChI=1S/C21H29NO3/c1-8-9-22-13-16(10-14(2)20(22)23)15-11-17(24-6)19(21(3,4)5)18(12-15)25-7/h10-13H,8-9H2,1-7H3. The molecule has 0 unspecified atom stereocenters. The van der Waals surface area contributed by atoms with Crippen LogP contribution in [-0.4, -0.2) is 18.8 Å². The van der Waals surface area contributed by atoms with Gasteiger partial charge in [0.15, 0.2) is 0 Å². The van der Waals surface area contributed by atoms with Crippen LogP contribution in [0.5, 0.6) is 11.5 Å². The van der Waals surface area contributed by atoms with E-state index in [-0.39, 0.29) is 11.0 Å². The molecule has 0 aliphatic heterocycles. The normalized spacial score (nSPS) is 11.5. The first-order valence-corrected chi connectivity index (χ1v) is 8.70. The first-order valence-electron chi connectivity index (χ1n) is 8.70. The van der Waals surface area contributed by atoms with Crippen LogP contribution in [0, 0.1) is 6.92 Å². The molecule has 0 saturated carbocycles. The third kappa shape index (κ3) is 3.89. The molecule has 136 valence electrons. The van der Waals surface area contributed by atoms with Crippen molar-refractivity contribution in [3.8, 4) is 22.6 Å². The van der Waals surface area contributed by atoms with Gasteiger partial charge in [-0.3, -0.25) is 4.79 Å². The number of pyridine rings is 1. The summed E-state index contributed by atoms with van der Waals surface area (Å²) in [7, 11) is 3.36. The fraction of sp³-hybridized carbons (Fsp3) is 0.476. The minimum Gasteiger partial charge on any atom is -0.496 e. The van der Waals surface area contributed by atoms with E-state index in [4.69, 9.17) is 9.47 Å². The average Bonchev–Trinajstić information content (AvgIpc) is 2.56. The molecule has 4 nitrogen and oxygen atoms in total. The van der Waals surface area contributed by atoms with E-state index in [0.717, 1.165) is 40.2 Å². The summed E-state index contributed by atoms with van der Waals surface area (Å²) in [5.74, 6) is 1.60. The second kappa shape index (κ2) is 7.34. The molecule has 0 radical (unpaired) electrons. The SMILES string of the molecule is CCCn1cc(-c2cc(OC)c(C(C)(C)C)c(OC)c2)cc(C)c1=O. The summed E-state index contributed by atoms with van der Waals surface area (Å²) < 4.78 is 13.1. The van der Waals surface area contributed by atoms with E-state index in [9.17, 15) is 4.79 Å². The fourth-order valence-electron chi connectivity index (χ4n) is 3.17. The number of hydrogen-bond donors (Lipinski definition) is 0. The molecule has 0 N–H and O–H groups in total. The third-order valence-corrected chi connectivity index (χ3v) is 4.32. The van der Waals surface area contributed by atoms with Crippen molar-refractivity contribution < 1.29 is 9.47 Å². The predicted octanol–water partition coefficient (Wildman–Crippen LogP) is 4.55. The Balaban J connectivity index is 2.71. The van der Waals surface area contributed by atoms with Crippen molar-refractivity contribution in [3.63, 3.8) is 0 Å². The highest BCUT2D eigenvalue weighted by Gasteiger charge is 2.25. The van der Waals surface area contributed by atoms with Gasteiger partial charge in [-0.25, -0.2) is 0 Å². The monoisotopic (exact) mass is 343 g/mol. The van der Waals surface area contributed by atoms with E-state index in [1.54, 1.807) is 18.8 Å². The molecule has 0 saturated heterocycles. The average molecular weight is 343 g/mol. The second-order valence-electron chi connectivity index (χ2n) is 7.42. The molecule has 0 bridgehead atoms. The molecule has 25 heavy (non-hydrogen) atoms. The Morgan fingerprint density at radius 2 is 1.56 bits per heavy atom. The first kappa shape index (κ1) is 19.1. The Labute approximate surface area is 150 Å². The molecule has 2 rings (SSSR count). The lowest BCUT2D eigenvalue weighted by Gasteiger charge is -2.25. The van der Waals surface area contributed by atoms with Crippen molar-refractivity contribution >= 4 is 0 Å². The minimum atomic E-state index is -0.105. The molecule has 0 spiro atoms. The molecule has 1 heterocycles. The van der Waals surface area contributed by atoms with E-state index in [2.05, 4.69) is 27.7 Å². The van der Waals surface area contributed by atoms with Crippen LogP contribution in [0.15, 0.2) is 29.2 Å². The van der Waals surface area contributed by atoms with E-state index < -0.39 is 0 Å². The molecule has 0 aliphatic rings. The molecule has 4 heteroatoms. The minimum absolute atomic E-state index is 0.0656. The molecule has 1 aromatic heterocycles. The first-order chi connectivity index (χ1) is 11.7. The summed E-state index contributed by atoms with van der Waals surface area (Å²) in [6, 6.07) is 5.98. The highest BCUT2D eigenvalue weighted by atomic mass is 16.5. The van der Waals surface area contributed by atoms with Gasteiger partial charge in [0, 0.05) is 23.9 Å². The number of ether oxygens (including phenoxy) is 2. The van der Waals surface area contributed by atoms with Crippen LogP contribution in [0.25, 0.3) is 11.1 Å².